The van der Waals surface area contributed by atoms with Gasteiger partial charge in [0.25, 0.3) is 0 Å². The minimum absolute atomic E-state index is 0.101. The van der Waals surface area contributed by atoms with Gasteiger partial charge in [-0.3, -0.25) is 5.09 Å². The Hall–Kier alpha value is -0.990. The van der Waals surface area contributed by atoms with Crippen LogP contribution in [0.25, 0.3) is 0 Å². The Bertz CT molecular complexity index is 572. The zero-order valence-corrected chi connectivity index (χ0v) is 13.5. The van der Waals surface area contributed by atoms with Crippen molar-refractivity contribution in [3.8, 4) is 0 Å². The van der Waals surface area contributed by atoms with E-state index in [-0.39, 0.29) is 6.10 Å². The van der Waals surface area contributed by atoms with Gasteiger partial charge >= 0.3 is 0 Å². The molecule has 1 unspecified atom stereocenters. The highest BCUT2D eigenvalue weighted by Gasteiger charge is 2.21. The highest BCUT2D eigenvalue weighted by molar-refractivity contribution is 8.14. The summed E-state index contributed by atoms with van der Waals surface area (Å²) in [5.41, 5.74) is 1.21. The van der Waals surface area contributed by atoms with E-state index < -0.39 is 6.42 Å². The summed E-state index contributed by atoms with van der Waals surface area (Å²) in [6.45, 7) is 4.77. The predicted octanol–water partition coefficient (Wildman–Crippen LogP) is 3.84. The van der Waals surface area contributed by atoms with Crippen molar-refractivity contribution >= 4 is 23.5 Å². The molecule has 0 aliphatic rings. The van der Waals surface area contributed by atoms with Gasteiger partial charge in [-0.25, -0.2) is 0 Å². The molecule has 0 saturated heterocycles. The Balaban J connectivity index is 2.18. The van der Waals surface area contributed by atoms with Gasteiger partial charge in [0.05, 0.1) is 6.10 Å². The molecule has 2 aromatic carbocycles. The second-order valence-corrected chi connectivity index (χ2v) is 8.55. The second kappa shape index (κ2) is 7.14. The average molecular weight is 305 g/mol. The topological polar surface area (TPSA) is 21.3 Å². The Morgan fingerprint density at radius 1 is 1.00 bits per heavy atom. The van der Waals surface area contributed by atoms with Crippen LogP contribution in [0.4, 0.5) is 0 Å². The van der Waals surface area contributed by atoms with Crippen LogP contribution >= 0.6 is 6.42 Å². The van der Waals surface area contributed by atoms with Crippen molar-refractivity contribution in [1.82, 2.24) is 5.09 Å². The smallest absolute Gasteiger partial charge is 0.159 e. The van der Waals surface area contributed by atoms with E-state index in [1.54, 1.807) is 0 Å². The lowest BCUT2D eigenvalue weighted by Crippen LogP contribution is -2.23. The molecule has 2 nitrogen and oxygen atoms in total. The third-order valence-corrected chi connectivity index (χ3v) is 6.34. The van der Waals surface area contributed by atoms with E-state index in [1.807, 2.05) is 62.4 Å². The summed E-state index contributed by atoms with van der Waals surface area (Å²) >= 11 is 5.82. The molecule has 2 aromatic rings. The van der Waals surface area contributed by atoms with E-state index in [1.165, 1.54) is 5.56 Å². The van der Waals surface area contributed by atoms with Crippen LogP contribution in [0.2, 0.25) is 0 Å². The predicted molar refractivity (Wildman–Crippen MR) is 89.9 cm³/mol. The molecule has 106 valence electrons. The molecular formula is C16H20NOPS. The molecule has 0 aromatic heterocycles. The maximum atomic E-state index is 6.06. The van der Waals surface area contributed by atoms with E-state index in [0.29, 0.717) is 0 Å². The van der Waals surface area contributed by atoms with Gasteiger partial charge < -0.3 is 4.52 Å². The lowest BCUT2D eigenvalue weighted by Gasteiger charge is -2.26. The highest BCUT2D eigenvalue weighted by atomic mass is 32.4. The number of hydrogen-bond acceptors (Lipinski definition) is 2. The van der Waals surface area contributed by atoms with Gasteiger partial charge in [-0.05, 0) is 31.2 Å². The fourth-order valence-corrected chi connectivity index (χ4v) is 4.90. The molecular weight excluding hydrogens is 285 g/mol. The quantitative estimate of drug-likeness (QED) is 0.819. The molecule has 0 saturated carbocycles. The monoisotopic (exact) mass is 305 g/mol. The summed E-state index contributed by atoms with van der Waals surface area (Å²) in [5, 5.41) is 4.53. The van der Waals surface area contributed by atoms with E-state index in [4.69, 9.17) is 16.3 Å². The molecule has 0 fully saturated rings. The molecule has 0 radical (unpaired) electrons. The van der Waals surface area contributed by atoms with Gasteiger partial charge in [-0.1, -0.05) is 60.7 Å². The Morgan fingerprint density at radius 3 is 2.10 bits per heavy atom. The minimum Gasteiger partial charge on any atom is -0.332 e. The largest absolute Gasteiger partial charge is 0.332 e. The zero-order valence-electron chi connectivity index (χ0n) is 11.8. The van der Waals surface area contributed by atoms with Gasteiger partial charge in [0.2, 0.25) is 0 Å². The van der Waals surface area contributed by atoms with Crippen molar-refractivity contribution in [3.63, 3.8) is 0 Å². The first-order chi connectivity index (χ1) is 9.60. The molecule has 1 atom stereocenters. The minimum atomic E-state index is -2.21. The third-order valence-electron chi connectivity index (χ3n) is 2.79. The molecule has 0 aliphatic heterocycles. The van der Waals surface area contributed by atoms with Crippen LogP contribution in [0.5, 0.6) is 0 Å². The maximum absolute atomic E-state index is 6.06. The van der Waals surface area contributed by atoms with Crippen LogP contribution in [0.15, 0.2) is 60.7 Å². The van der Waals surface area contributed by atoms with Gasteiger partial charge in [-0.15, -0.1) is 0 Å². The van der Waals surface area contributed by atoms with Crippen molar-refractivity contribution in [2.45, 2.75) is 26.5 Å². The highest BCUT2D eigenvalue weighted by Crippen LogP contribution is 2.43. The molecule has 4 heteroatoms. The van der Waals surface area contributed by atoms with Gasteiger partial charge in [0, 0.05) is 11.8 Å². The van der Waals surface area contributed by atoms with Crippen LogP contribution in [-0.2, 0) is 22.9 Å². The number of benzene rings is 2. The maximum Gasteiger partial charge on any atom is 0.159 e. The molecule has 0 amide bonds. The van der Waals surface area contributed by atoms with Crippen molar-refractivity contribution in [2.75, 3.05) is 0 Å². The fraction of sp³-hybridized carbons (Fsp3) is 0.250. The van der Waals surface area contributed by atoms with Crippen LogP contribution in [0, 0.1) is 0 Å². The van der Waals surface area contributed by atoms with Gasteiger partial charge in [0.1, 0.15) is 0 Å². The summed E-state index contributed by atoms with van der Waals surface area (Å²) in [6, 6.07) is 20.4. The van der Waals surface area contributed by atoms with Crippen LogP contribution in [0.1, 0.15) is 19.4 Å². The van der Waals surface area contributed by atoms with E-state index >= 15 is 0 Å². The average Bonchev–Trinajstić information content (AvgIpc) is 2.47. The molecule has 0 bridgehead atoms. The molecule has 2 rings (SSSR count). The fourth-order valence-electron chi connectivity index (χ4n) is 1.90. The Labute approximate surface area is 126 Å². The molecule has 0 spiro atoms. The lowest BCUT2D eigenvalue weighted by atomic mass is 10.2. The summed E-state index contributed by atoms with van der Waals surface area (Å²) < 4.78 is 6.06. The Kier molecular flexibility index (Phi) is 5.50. The lowest BCUT2D eigenvalue weighted by molar-refractivity contribution is 0.268. The summed E-state index contributed by atoms with van der Waals surface area (Å²) in [7, 11) is 0. The van der Waals surface area contributed by atoms with Crippen LogP contribution < -0.4 is 10.4 Å². The van der Waals surface area contributed by atoms with Crippen molar-refractivity contribution in [1.29, 1.82) is 0 Å². The van der Waals surface area contributed by atoms with E-state index in [0.717, 1.165) is 11.8 Å². The molecule has 0 heterocycles. The van der Waals surface area contributed by atoms with Crippen LogP contribution in [0.3, 0.4) is 0 Å². The Morgan fingerprint density at radius 2 is 1.55 bits per heavy atom. The molecule has 1 N–H and O–H groups in total. The summed E-state index contributed by atoms with van der Waals surface area (Å²) in [6.07, 6.45) is -2.11. The van der Waals surface area contributed by atoms with Crippen molar-refractivity contribution in [2.24, 2.45) is 0 Å². The van der Waals surface area contributed by atoms with E-state index in [2.05, 4.69) is 17.2 Å². The van der Waals surface area contributed by atoms with Gasteiger partial charge in [-0.2, -0.15) is 0 Å². The normalized spacial score (nSPS) is 14.2. The second-order valence-electron chi connectivity index (χ2n) is 4.86. The number of rotatable bonds is 6. The van der Waals surface area contributed by atoms with Crippen molar-refractivity contribution < 1.29 is 4.52 Å². The number of nitrogens with one attached hydrogen (secondary N) is 1. The van der Waals surface area contributed by atoms with Gasteiger partial charge in [0.15, 0.2) is 6.42 Å². The first-order valence-electron chi connectivity index (χ1n) is 6.73. The number of hydrogen-bond donors (Lipinski definition) is 1. The molecule has 20 heavy (non-hydrogen) atoms. The summed E-state index contributed by atoms with van der Waals surface area (Å²) in [5.74, 6) is 0. The third kappa shape index (κ3) is 4.26. The first-order valence-corrected chi connectivity index (χ1v) is 9.45. The SMILES string of the molecule is CC(C)OP(=S)(NCc1ccccc1)c1ccccc1. The standard InChI is InChI=1S/C16H20NOPS/c1-14(2)18-19(20,16-11-7-4-8-12-16)17-13-15-9-5-3-6-10-15/h3-12,14H,13H2,1-2H3,(H,17,20). The molecule has 0 aliphatic carbocycles. The van der Waals surface area contributed by atoms with E-state index in [9.17, 15) is 0 Å². The zero-order chi connectivity index (χ0) is 14.4. The summed E-state index contributed by atoms with van der Waals surface area (Å²) in [4.78, 5) is 0. The van der Waals surface area contributed by atoms with Crippen LogP contribution in [-0.4, -0.2) is 6.10 Å². The van der Waals surface area contributed by atoms with Crippen molar-refractivity contribution in [3.05, 3.63) is 66.2 Å². The first kappa shape index (κ1) is 15.4.